The minimum atomic E-state index is -0.524. The van der Waals surface area contributed by atoms with Crippen molar-refractivity contribution in [3.8, 4) is 6.07 Å². The molecule has 2 N–H and O–H groups in total. The fourth-order valence-electron chi connectivity index (χ4n) is 1.25. The molecule has 5 heteroatoms. The molecule has 0 saturated heterocycles. The second-order valence-corrected chi connectivity index (χ2v) is 4.99. The topological polar surface area (TPSA) is 76.1 Å². The smallest absolute Gasteiger partial charge is 0.340 e. The highest BCUT2D eigenvalue weighted by Gasteiger charge is 2.18. The van der Waals surface area contributed by atoms with E-state index in [1.807, 2.05) is 0 Å². The van der Waals surface area contributed by atoms with Gasteiger partial charge in [0.2, 0.25) is 0 Å². The molecule has 0 aromatic heterocycles. The third-order valence-corrected chi connectivity index (χ3v) is 2.87. The molecule has 1 aromatic rings. The standard InChI is InChI=1S/C13H15ClN2O2/c1-13(2,8-15)6-7-18-12(17)9-4-3-5-10(14)11(9)16/h3-5H,6-7,16H2,1-2H3. The molecular weight excluding hydrogens is 252 g/mol. The number of nitrogen functional groups attached to an aromatic ring is 1. The minimum Gasteiger partial charge on any atom is -0.462 e. The van der Waals surface area contributed by atoms with Crippen molar-refractivity contribution in [3.63, 3.8) is 0 Å². The highest BCUT2D eigenvalue weighted by molar-refractivity contribution is 6.33. The van der Waals surface area contributed by atoms with Crippen LogP contribution >= 0.6 is 11.6 Å². The number of carbonyl (C=O) groups excluding carboxylic acids is 1. The number of carbonyl (C=O) groups is 1. The van der Waals surface area contributed by atoms with E-state index in [1.54, 1.807) is 32.0 Å². The van der Waals surface area contributed by atoms with E-state index in [0.29, 0.717) is 11.4 Å². The fourth-order valence-corrected chi connectivity index (χ4v) is 1.42. The average molecular weight is 267 g/mol. The maximum atomic E-state index is 11.7. The zero-order valence-corrected chi connectivity index (χ0v) is 11.1. The number of nitriles is 1. The Morgan fingerprint density at radius 3 is 2.83 bits per heavy atom. The van der Waals surface area contributed by atoms with Gasteiger partial charge in [-0.3, -0.25) is 0 Å². The van der Waals surface area contributed by atoms with Crippen LogP contribution in [0.4, 0.5) is 5.69 Å². The molecule has 96 valence electrons. The first kappa shape index (κ1) is 14.3. The molecule has 18 heavy (non-hydrogen) atoms. The lowest BCUT2D eigenvalue weighted by Crippen LogP contribution is -2.15. The largest absolute Gasteiger partial charge is 0.462 e. The van der Waals surface area contributed by atoms with Crippen LogP contribution in [-0.4, -0.2) is 12.6 Å². The summed E-state index contributed by atoms with van der Waals surface area (Å²) in [5.74, 6) is -0.524. The Balaban J connectivity index is 2.62. The van der Waals surface area contributed by atoms with Gasteiger partial charge < -0.3 is 10.5 Å². The summed E-state index contributed by atoms with van der Waals surface area (Å²) in [5.41, 5.74) is 5.63. The summed E-state index contributed by atoms with van der Waals surface area (Å²) in [4.78, 5) is 11.7. The number of anilines is 1. The third-order valence-electron chi connectivity index (χ3n) is 2.54. The van der Waals surface area contributed by atoms with Crippen molar-refractivity contribution in [2.75, 3.05) is 12.3 Å². The molecule has 0 unspecified atom stereocenters. The number of nitrogens with zero attached hydrogens (tertiary/aromatic N) is 1. The molecule has 0 atom stereocenters. The molecule has 0 bridgehead atoms. The number of hydrogen-bond donors (Lipinski definition) is 1. The van der Waals surface area contributed by atoms with E-state index in [9.17, 15) is 4.79 Å². The molecule has 4 nitrogen and oxygen atoms in total. The number of benzene rings is 1. The van der Waals surface area contributed by atoms with Crippen LogP contribution in [0.1, 0.15) is 30.6 Å². The summed E-state index contributed by atoms with van der Waals surface area (Å²) in [5, 5.41) is 9.15. The van der Waals surface area contributed by atoms with Crippen molar-refractivity contribution < 1.29 is 9.53 Å². The summed E-state index contributed by atoms with van der Waals surface area (Å²) in [6.45, 7) is 3.74. The summed E-state index contributed by atoms with van der Waals surface area (Å²) in [6, 6.07) is 6.93. The molecule has 0 amide bonds. The van der Waals surface area contributed by atoms with Crippen LogP contribution in [0, 0.1) is 16.7 Å². The fraction of sp³-hybridized carbons (Fsp3) is 0.385. The van der Waals surface area contributed by atoms with E-state index >= 15 is 0 Å². The summed E-state index contributed by atoms with van der Waals surface area (Å²) >= 11 is 5.81. The number of hydrogen-bond acceptors (Lipinski definition) is 4. The Labute approximate surface area is 111 Å². The lowest BCUT2D eigenvalue weighted by atomic mass is 9.92. The maximum Gasteiger partial charge on any atom is 0.340 e. The maximum absolute atomic E-state index is 11.7. The van der Waals surface area contributed by atoms with Gasteiger partial charge in [0.05, 0.1) is 34.4 Å². The lowest BCUT2D eigenvalue weighted by Gasteiger charge is -2.15. The van der Waals surface area contributed by atoms with Gasteiger partial charge in [-0.2, -0.15) is 5.26 Å². The minimum absolute atomic E-state index is 0.172. The first-order valence-electron chi connectivity index (χ1n) is 5.50. The third kappa shape index (κ3) is 3.64. The van der Waals surface area contributed by atoms with Crippen LogP contribution in [0.15, 0.2) is 18.2 Å². The number of rotatable bonds is 4. The van der Waals surface area contributed by atoms with E-state index in [-0.39, 0.29) is 17.9 Å². The van der Waals surface area contributed by atoms with Crippen molar-refractivity contribution in [1.29, 1.82) is 5.26 Å². The Bertz CT molecular complexity index is 492. The Kier molecular flexibility index (Phi) is 4.57. The van der Waals surface area contributed by atoms with E-state index in [0.717, 1.165) is 0 Å². The van der Waals surface area contributed by atoms with Gasteiger partial charge in [0, 0.05) is 0 Å². The van der Waals surface area contributed by atoms with Crippen LogP contribution in [-0.2, 0) is 4.74 Å². The zero-order valence-electron chi connectivity index (χ0n) is 10.4. The zero-order chi connectivity index (χ0) is 13.8. The van der Waals surface area contributed by atoms with Crippen molar-refractivity contribution in [2.45, 2.75) is 20.3 Å². The molecule has 0 radical (unpaired) electrons. The van der Waals surface area contributed by atoms with Gasteiger partial charge in [-0.25, -0.2) is 4.79 Å². The molecule has 0 aliphatic carbocycles. The van der Waals surface area contributed by atoms with Gasteiger partial charge >= 0.3 is 5.97 Å². The summed E-state index contributed by atoms with van der Waals surface area (Å²) in [6.07, 6.45) is 0.468. The van der Waals surface area contributed by atoms with Crippen molar-refractivity contribution in [3.05, 3.63) is 28.8 Å². The number of esters is 1. The number of ether oxygens (including phenoxy) is 1. The van der Waals surface area contributed by atoms with Gasteiger partial charge in [-0.15, -0.1) is 0 Å². The average Bonchev–Trinajstić information content (AvgIpc) is 2.32. The molecule has 0 fully saturated rings. The van der Waals surface area contributed by atoms with Gasteiger partial charge in [0.15, 0.2) is 0 Å². The van der Waals surface area contributed by atoms with Crippen LogP contribution in [0.3, 0.4) is 0 Å². The first-order valence-corrected chi connectivity index (χ1v) is 5.87. The van der Waals surface area contributed by atoms with E-state index in [1.165, 1.54) is 0 Å². The molecule has 1 aromatic carbocycles. The number of nitrogens with two attached hydrogens (primary N) is 1. The predicted molar refractivity (Wildman–Crippen MR) is 70.2 cm³/mol. The monoisotopic (exact) mass is 266 g/mol. The van der Waals surface area contributed by atoms with Gasteiger partial charge in [0.25, 0.3) is 0 Å². The second-order valence-electron chi connectivity index (χ2n) is 4.58. The quantitative estimate of drug-likeness (QED) is 0.671. The van der Waals surface area contributed by atoms with Gasteiger partial charge in [-0.05, 0) is 32.4 Å². The first-order chi connectivity index (χ1) is 8.37. The summed E-state index contributed by atoms with van der Waals surface area (Å²) in [7, 11) is 0. The molecule has 0 saturated carbocycles. The Hall–Kier alpha value is -1.73. The number of halogens is 1. The molecule has 0 spiro atoms. The second kappa shape index (κ2) is 5.74. The Morgan fingerprint density at radius 1 is 1.56 bits per heavy atom. The van der Waals surface area contributed by atoms with Crippen LogP contribution < -0.4 is 5.73 Å². The van der Waals surface area contributed by atoms with Crippen molar-refractivity contribution in [2.24, 2.45) is 5.41 Å². The van der Waals surface area contributed by atoms with E-state index in [2.05, 4.69) is 6.07 Å². The van der Waals surface area contributed by atoms with Gasteiger partial charge in [-0.1, -0.05) is 17.7 Å². The normalized spacial score (nSPS) is 10.8. The Morgan fingerprint density at radius 2 is 2.22 bits per heavy atom. The van der Waals surface area contributed by atoms with Crippen LogP contribution in [0.5, 0.6) is 0 Å². The lowest BCUT2D eigenvalue weighted by molar-refractivity contribution is 0.0476. The number of para-hydroxylation sites is 1. The van der Waals surface area contributed by atoms with Crippen LogP contribution in [0.2, 0.25) is 5.02 Å². The molecule has 0 aliphatic heterocycles. The highest BCUT2D eigenvalue weighted by Crippen LogP contribution is 2.23. The summed E-state index contributed by atoms with van der Waals surface area (Å²) < 4.78 is 5.07. The molecule has 1 rings (SSSR count). The van der Waals surface area contributed by atoms with Crippen molar-refractivity contribution in [1.82, 2.24) is 0 Å². The SMILES string of the molecule is CC(C)(C#N)CCOC(=O)c1cccc(Cl)c1N. The van der Waals surface area contributed by atoms with Crippen molar-refractivity contribution >= 4 is 23.3 Å². The predicted octanol–water partition coefficient (Wildman–Crippen LogP) is 3.02. The highest BCUT2D eigenvalue weighted by atomic mass is 35.5. The molecular formula is C13H15ClN2O2. The van der Waals surface area contributed by atoms with E-state index < -0.39 is 11.4 Å². The van der Waals surface area contributed by atoms with E-state index in [4.69, 9.17) is 27.3 Å². The van der Waals surface area contributed by atoms with Gasteiger partial charge in [0.1, 0.15) is 0 Å². The molecule has 0 aliphatic rings. The van der Waals surface area contributed by atoms with Crippen LogP contribution in [0.25, 0.3) is 0 Å². The molecule has 0 heterocycles.